The molecule has 1 heterocycles. The van der Waals surface area contributed by atoms with E-state index in [0.29, 0.717) is 19.1 Å². The molecule has 5 nitrogen and oxygen atoms in total. The molecule has 1 atom stereocenters. The van der Waals surface area contributed by atoms with Crippen LogP contribution in [0.5, 0.6) is 0 Å². The number of aliphatic imine (C=N–C) groups is 1. The first-order valence-electron chi connectivity index (χ1n) is 9.46. The van der Waals surface area contributed by atoms with Gasteiger partial charge in [-0.25, -0.2) is 0 Å². The van der Waals surface area contributed by atoms with Crippen LogP contribution >= 0.6 is 0 Å². The van der Waals surface area contributed by atoms with Crippen LogP contribution in [-0.4, -0.2) is 30.6 Å². The Morgan fingerprint density at radius 3 is 3.00 bits per heavy atom. The molecule has 138 valence electrons. The summed E-state index contributed by atoms with van der Waals surface area (Å²) < 4.78 is 6.09. The third kappa shape index (κ3) is 5.56. The van der Waals surface area contributed by atoms with Crippen LogP contribution in [-0.2, 0) is 17.6 Å². The van der Waals surface area contributed by atoms with Crippen LogP contribution in [0.25, 0.3) is 0 Å². The highest BCUT2D eigenvalue weighted by molar-refractivity contribution is 5.77. The molecule has 5 heteroatoms. The molecule has 1 aliphatic rings. The minimum absolute atomic E-state index is 0.234. The van der Waals surface area contributed by atoms with Crippen LogP contribution in [0.4, 0.5) is 0 Å². The monoisotopic (exact) mass is 352 g/mol. The molecule has 0 radical (unpaired) electrons. The fourth-order valence-corrected chi connectivity index (χ4v) is 3.29. The molecule has 1 aromatic carbocycles. The summed E-state index contributed by atoms with van der Waals surface area (Å²) in [6.07, 6.45) is 7.23. The molecule has 0 amide bonds. The number of aryl methyl sites for hydroxylation is 1. The molecule has 0 fully saturated rings. The molecule has 2 aromatic rings. The maximum atomic E-state index is 6.09. The molecule has 0 bridgehead atoms. The first-order valence-corrected chi connectivity index (χ1v) is 9.46. The average Bonchev–Trinajstić information content (AvgIpc) is 2.69. The lowest BCUT2D eigenvalue weighted by atomic mass is 9.89. The van der Waals surface area contributed by atoms with Gasteiger partial charge in [0.15, 0.2) is 5.96 Å². The second-order valence-corrected chi connectivity index (χ2v) is 6.57. The van der Waals surface area contributed by atoms with Crippen molar-refractivity contribution in [2.75, 3.05) is 19.7 Å². The maximum absolute atomic E-state index is 6.09. The molecule has 0 aliphatic heterocycles. The van der Waals surface area contributed by atoms with E-state index in [1.54, 1.807) is 6.20 Å². The van der Waals surface area contributed by atoms with Crippen LogP contribution in [0.2, 0.25) is 0 Å². The first-order chi connectivity index (χ1) is 12.8. The third-order valence-corrected chi connectivity index (χ3v) is 4.63. The van der Waals surface area contributed by atoms with Gasteiger partial charge < -0.3 is 15.8 Å². The molecule has 3 rings (SSSR count). The van der Waals surface area contributed by atoms with E-state index in [2.05, 4.69) is 39.6 Å². The fourth-order valence-electron chi connectivity index (χ4n) is 3.29. The van der Waals surface area contributed by atoms with Crippen LogP contribution < -0.4 is 11.1 Å². The summed E-state index contributed by atoms with van der Waals surface area (Å²) in [6.45, 7) is 2.13. The second-order valence-electron chi connectivity index (χ2n) is 6.57. The summed E-state index contributed by atoms with van der Waals surface area (Å²) in [5.41, 5.74) is 9.75. The summed E-state index contributed by atoms with van der Waals surface area (Å²) >= 11 is 0. The summed E-state index contributed by atoms with van der Waals surface area (Å²) in [4.78, 5) is 8.65. The largest absolute Gasteiger partial charge is 0.373 e. The Balaban J connectivity index is 1.32. The topological polar surface area (TPSA) is 72.5 Å². The van der Waals surface area contributed by atoms with E-state index in [9.17, 15) is 0 Å². The molecule has 0 saturated carbocycles. The normalized spacial score (nSPS) is 16.9. The van der Waals surface area contributed by atoms with Crippen LogP contribution in [0, 0.1) is 0 Å². The van der Waals surface area contributed by atoms with Gasteiger partial charge in [0.2, 0.25) is 0 Å². The van der Waals surface area contributed by atoms with Gasteiger partial charge in [-0.05, 0) is 48.9 Å². The van der Waals surface area contributed by atoms with Crippen molar-refractivity contribution in [1.29, 1.82) is 0 Å². The Morgan fingerprint density at radius 1 is 1.23 bits per heavy atom. The van der Waals surface area contributed by atoms with E-state index in [0.717, 1.165) is 31.5 Å². The quantitative estimate of drug-likeness (QED) is 0.435. The maximum Gasteiger partial charge on any atom is 0.188 e. The van der Waals surface area contributed by atoms with Crippen molar-refractivity contribution in [3.05, 3.63) is 65.5 Å². The molecule has 0 saturated heterocycles. The number of fused-ring (bicyclic) bond motifs is 1. The van der Waals surface area contributed by atoms with Crippen molar-refractivity contribution in [1.82, 2.24) is 10.3 Å². The molecule has 1 unspecified atom stereocenters. The van der Waals surface area contributed by atoms with E-state index in [1.807, 2.05) is 18.2 Å². The lowest BCUT2D eigenvalue weighted by Crippen LogP contribution is -2.33. The van der Waals surface area contributed by atoms with Crippen molar-refractivity contribution < 1.29 is 4.74 Å². The van der Waals surface area contributed by atoms with Gasteiger partial charge in [0.05, 0.1) is 6.10 Å². The number of rotatable bonds is 8. The van der Waals surface area contributed by atoms with Gasteiger partial charge in [0.25, 0.3) is 0 Å². The Bertz CT molecular complexity index is 702. The lowest BCUT2D eigenvalue weighted by Gasteiger charge is -2.25. The summed E-state index contributed by atoms with van der Waals surface area (Å²) in [7, 11) is 0. The fraction of sp³-hybridized carbons (Fsp3) is 0.429. The van der Waals surface area contributed by atoms with Crippen LogP contribution in [0.3, 0.4) is 0 Å². The van der Waals surface area contributed by atoms with E-state index in [-0.39, 0.29) is 6.10 Å². The average molecular weight is 352 g/mol. The summed E-state index contributed by atoms with van der Waals surface area (Å²) in [5.74, 6) is 0.490. The van der Waals surface area contributed by atoms with Crippen molar-refractivity contribution in [3.8, 4) is 0 Å². The highest BCUT2D eigenvalue weighted by Gasteiger charge is 2.19. The van der Waals surface area contributed by atoms with Crippen molar-refractivity contribution in [2.24, 2.45) is 10.7 Å². The van der Waals surface area contributed by atoms with Gasteiger partial charge in [-0.1, -0.05) is 30.3 Å². The Morgan fingerprint density at radius 2 is 2.12 bits per heavy atom. The Labute approximate surface area is 155 Å². The molecular formula is C21H28N4O. The van der Waals surface area contributed by atoms with E-state index in [1.165, 1.54) is 24.0 Å². The van der Waals surface area contributed by atoms with Crippen molar-refractivity contribution in [2.45, 2.75) is 38.2 Å². The number of nitrogens with one attached hydrogen (secondary N) is 1. The van der Waals surface area contributed by atoms with Gasteiger partial charge >= 0.3 is 0 Å². The number of hydrogen-bond acceptors (Lipinski definition) is 3. The SMILES string of the molecule is NC(=NCCCOC1CCCc2ccccc21)NCCc1ccccn1. The van der Waals surface area contributed by atoms with Gasteiger partial charge in [0, 0.05) is 38.0 Å². The van der Waals surface area contributed by atoms with Crippen molar-refractivity contribution >= 4 is 5.96 Å². The Kier molecular flexibility index (Phi) is 7.02. The second kappa shape index (κ2) is 9.92. The lowest BCUT2D eigenvalue weighted by molar-refractivity contribution is 0.0403. The zero-order valence-corrected chi connectivity index (χ0v) is 15.2. The van der Waals surface area contributed by atoms with E-state index >= 15 is 0 Å². The number of nitrogens with zero attached hydrogens (tertiary/aromatic N) is 2. The molecular weight excluding hydrogens is 324 g/mol. The van der Waals surface area contributed by atoms with Gasteiger partial charge in [0.1, 0.15) is 0 Å². The number of guanidine groups is 1. The molecule has 26 heavy (non-hydrogen) atoms. The minimum atomic E-state index is 0.234. The predicted molar refractivity (Wildman–Crippen MR) is 105 cm³/mol. The number of ether oxygens (including phenoxy) is 1. The van der Waals surface area contributed by atoms with Crippen molar-refractivity contribution in [3.63, 3.8) is 0 Å². The van der Waals surface area contributed by atoms with Gasteiger partial charge in [-0.3, -0.25) is 9.98 Å². The molecule has 3 N–H and O–H groups in total. The zero-order valence-electron chi connectivity index (χ0n) is 15.2. The highest BCUT2D eigenvalue weighted by atomic mass is 16.5. The molecule has 1 aliphatic carbocycles. The first kappa shape index (κ1) is 18.4. The standard InChI is InChI=1S/C21H28N4O/c22-21(25-15-12-18-9-3-4-13-23-18)24-14-6-16-26-20-11-5-8-17-7-1-2-10-19(17)20/h1-4,7,9-10,13,20H,5-6,8,11-12,14-16H2,(H3,22,24,25). The zero-order chi connectivity index (χ0) is 18.0. The smallest absolute Gasteiger partial charge is 0.188 e. The Hall–Kier alpha value is -2.40. The minimum Gasteiger partial charge on any atom is -0.373 e. The van der Waals surface area contributed by atoms with E-state index < -0.39 is 0 Å². The summed E-state index contributed by atoms with van der Waals surface area (Å²) in [6, 6.07) is 14.5. The van der Waals surface area contributed by atoms with Gasteiger partial charge in [-0.15, -0.1) is 0 Å². The summed E-state index contributed by atoms with van der Waals surface area (Å²) in [5, 5.41) is 3.13. The van der Waals surface area contributed by atoms with E-state index in [4.69, 9.17) is 10.5 Å². The highest BCUT2D eigenvalue weighted by Crippen LogP contribution is 2.32. The van der Waals surface area contributed by atoms with Crippen LogP contribution in [0.15, 0.2) is 53.7 Å². The predicted octanol–water partition coefficient (Wildman–Crippen LogP) is 3.01. The number of nitrogens with two attached hydrogens (primary N) is 1. The number of benzene rings is 1. The van der Waals surface area contributed by atoms with Crippen LogP contribution in [0.1, 0.15) is 42.2 Å². The van der Waals surface area contributed by atoms with Gasteiger partial charge in [-0.2, -0.15) is 0 Å². The number of hydrogen-bond donors (Lipinski definition) is 2. The third-order valence-electron chi connectivity index (χ3n) is 4.63. The molecule has 0 spiro atoms. The number of pyridine rings is 1. The molecule has 1 aromatic heterocycles. The number of aromatic nitrogens is 1.